The summed E-state index contributed by atoms with van der Waals surface area (Å²) in [5, 5.41) is 9.30. The molecule has 5 rings (SSSR count). The molecule has 3 heterocycles. The van der Waals surface area contributed by atoms with Crippen LogP contribution in [0, 0.1) is 5.92 Å². The molecule has 154 valence electrons. The Hall–Kier alpha value is -3.03. The molecule has 1 saturated heterocycles. The highest BCUT2D eigenvalue weighted by Crippen LogP contribution is 2.23. The van der Waals surface area contributed by atoms with E-state index < -0.39 is 0 Å². The number of fused-ring (bicyclic) bond motifs is 3. The number of hydrazine groups is 1. The summed E-state index contributed by atoms with van der Waals surface area (Å²) in [6.07, 6.45) is 1.88. The molecular formula is C23H27N7. The van der Waals surface area contributed by atoms with Gasteiger partial charge in [0.2, 0.25) is 5.95 Å². The Balaban J connectivity index is 1.46. The third kappa shape index (κ3) is 3.62. The van der Waals surface area contributed by atoms with Crippen molar-refractivity contribution in [3.05, 3.63) is 66.0 Å². The van der Waals surface area contributed by atoms with Crippen LogP contribution in [0.4, 0.5) is 5.95 Å². The molecule has 0 amide bonds. The summed E-state index contributed by atoms with van der Waals surface area (Å²) in [5.41, 5.74) is 9.64. The number of hydrogen-bond donors (Lipinski definition) is 3. The lowest BCUT2D eigenvalue weighted by atomic mass is 9.91. The molecule has 7 nitrogen and oxygen atoms in total. The Bertz CT molecular complexity index is 1140. The van der Waals surface area contributed by atoms with Gasteiger partial charge in [-0.3, -0.25) is 10.9 Å². The molecule has 0 saturated carbocycles. The van der Waals surface area contributed by atoms with Crippen LogP contribution < -0.4 is 16.2 Å². The molecule has 0 aliphatic carbocycles. The van der Waals surface area contributed by atoms with Crippen molar-refractivity contribution in [1.82, 2.24) is 30.4 Å². The van der Waals surface area contributed by atoms with E-state index >= 15 is 0 Å². The van der Waals surface area contributed by atoms with Gasteiger partial charge >= 0.3 is 0 Å². The first kappa shape index (κ1) is 19.0. The van der Waals surface area contributed by atoms with E-state index in [1.165, 1.54) is 5.56 Å². The Labute approximate surface area is 175 Å². The number of aromatic nitrogens is 4. The van der Waals surface area contributed by atoms with Gasteiger partial charge in [-0.15, -0.1) is 5.10 Å². The third-order valence-corrected chi connectivity index (χ3v) is 6.04. The number of aryl methyl sites for hydroxylation is 1. The van der Waals surface area contributed by atoms with Crippen LogP contribution in [-0.2, 0) is 13.0 Å². The molecule has 1 aliphatic rings. The van der Waals surface area contributed by atoms with E-state index in [0.29, 0.717) is 24.5 Å². The van der Waals surface area contributed by atoms with Crippen LogP contribution in [0.25, 0.3) is 16.6 Å². The summed E-state index contributed by atoms with van der Waals surface area (Å²) in [7, 11) is 0. The fraction of sp³-hybridized carbons (Fsp3) is 0.348. The monoisotopic (exact) mass is 401 g/mol. The Kier molecular flexibility index (Phi) is 5.06. The minimum absolute atomic E-state index is 0.447. The fourth-order valence-corrected chi connectivity index (χ4v) is 4.30. The van der Waals surface area contributed by atoms with Crippen molar-refractivity contribution in [3.8, 4) is 0 Å². The molecule has 30 heavy (non-hydrogen) atoms. The van der Waals surface area contributed by atoms with Gasteiger partial charge in [0, 0.05) is 30.4 Å². The zero-order valence-corrected chi connectivity index (χ0v) is 17.3. The lowest BCUT2D eigenvalue weighted by Gasteiger charge is -2.16. The van der Waals surface area contributed by atoms with Gasteiger partial charge in [0.15, 0.2) is 11.5 Å². The maximum atomic E-state index is 4.90. The number of hydrogen-bond acceptors (Lipinski definition) is 6. The summed E-state index contributed by atoms with van der Waals surface area (Å²) in [6, 6.07) is 19.3. The number of benzene rings is 2. The summed E-state index contributed by atoms with van der Waals surface area (Å²) < 4.78 is 1.86. The fourth-order valence-electron chi connectivity index (χ4n) is 4.30. The summed E-state index contributed by atoms with van der Waals surface area (Å²) >= 11 is 0. The summed E-state index contributed by atoms with van der Waals surface area (Å²) in [5.74, 6) is 2.14. The zero-order chi connectivity index (χ0) is 20.5. The van der Waals surface area contributed by atoms with E-state index in [4.69, 9.17) is 15.1 Å². The van der Waals surface area contributed by atoms with Gasteiger partial charge in [-0.25, -0.2) is 9.97 Å². The number of anilines is 1. The molecule has 2 aromatic carbocycles. The number of nitrogens with one attached hydrogen (secondary N) is 3. The van der Waals surface area contributed by atoms with Crippen LogP contribution in [0.15, 0.2) is 54.6 Å². The quantitative estimate of drug-likeness (QED) is 0.460. The van der Waals surface area contributed by atoms with Crippen molar-refractivity contribution in [3.63, 3.8) is 0 Å². The summed E-state index contributed by atoms with van der Waals surface area (Å²) in [6.45, 7) is 5.13. The van der Waals surface area contributed by atoms with Crippen molar-refractivity contribution in [1.29, 1.82) is 0 Å². The number of rotatable bonds is 6. The first-order valence-corrected chi connectivity index (χ1v) is 10.6. The normalized spacial score (nSPS) is 21.5. The van der Waals surface area contributed by atoms with Crippen LogP contribution in [0.5, 0.6) is 0 Å². The van der Waals surface area contributed by atoms with Crippen molar-refractivity contribution in [2.24, 2.45) is 5.92 Å². The molecule has 4 aromatic rings. The maximum Gasteiger partial charge on any atom is 0.226 e. The Morgan fingerprint density at radius 2 is 1.67 bits per heavy atom. The second-order valence-electron chi connectivity index (χ2n) is 8.12. The van der Waals surface area contributed by atoms with Gasteiger partial charge in [-0.05, 0) is 43.9 Å². The Morgan fingerprint density at radius 3 is 2.47 bits per heavy atom. The second kappa shape index (κ2) is 8.01. The van der Waals surface area contributed by atoms with Gasteiger partial charge in [0.25, 0.3) is 0 Å². The second-order valence-corrected chi connectivity index (χ2v) is 8.12. The largest absolute Gasteiger partial charge is 0.350 e. The van der Waals surface area contributed by atoms with E-state index in [-0.39, 0.29) is 0 Å². The van der Waals surface area contributed by atoms with Gasteiger partial charge in [0.1, 0.15) is 0 Å². The minimum atomic E-state index is 0.447. The highest BCUT2D eigenvalue weighted by Gasteiger charge is 2.29. The molecule has 7 heteroatoms. The average Bonchev–Trinajstić information content (AvgIpc) is 3.34. The predicted octanol–water partition coefficient (Wildman–Crippen LogP) is 3.32. The lowest BCUT2D eigenvalue weighted by Crippen LogP contribution is -2.30. The highest BCUT2D eigenvalue weighted by molar-refractivity contribution is 5.92. The van der Waals surface area contributed by atoms with Gasteiger partial charge < -0.3 is 5.32 Å². The maximum absolute atomic E-state index is 4.90. The first-order valence-electron chi connectivity index (χ1n) is 10.6. The molecule has 1 aliphatic heterocycles. The van der Waals surface area contributed by atoms with E-state index in [9.17, 15) is 0 Å². The molecule has 0 radical (unpaired) electrons. The molecule has 0 bridgehead atoms. The van der Waals surface area contributed by atoms with Gasteiger partial charge in [-0.2, -0.15) is 4.52 Å². The number of para-hydroxylation sites is 1. The van der Waals surface area contributed by atoms with Crippen molar-refractivity contribution in [2.75, 3.05) is 5.32 Å². The van der Waals surface area contributed by atoms with Crippen LogP contribution in [0.1, 0.15) is 31.7 Å². The number of nitrogens with zero attached hydrogens (tertiary/aromatic N) is 4. The smallest absolute Gasteiger partial charge is 0.226 e. The molecule has 2 atom stereocenters. The van der Waals surface area contributed by atoms with E-state index in [1.807, 2.05) is 40.9 Å². The van der Waals surface area contributed by atoms with Gasteiger partial charge in [0.05, 0.1) is 5.52 Å². The third-order valence-electron chi connectivity index (χ3n) is 6.04. The Morgan fingerprint density at radius 1 is 0.933 bits per heavy atom. The molecule has 0 spiro atoms. The van der Waals surface area contributed by atoms with Crippen molar-refractivity contribution < 1.29 is 0 Å². The molecular weight excluding hydrogens is 374 g/mol. The van der Waals surface area contributed by atoms with Crippen LogP contribution >= 0.6 is 0 Å². The van der Waals surface area contributed by atoms with E-state index in [1.54, 1.807) is 0 Å². The average molecular weight is 402 g/mol. The van der Waals surface area contributed by atoms with Crippen LogP contribution in [0.3, 0.4) is 0 Å². The van der Waals surface area contributed by atoms with Crippen LogP contribution in [-0.4, -0.2) is 31.7 Å². The zero-order valence-electron chi connectivity index (χ0n) is 17.3. The standard InChI is InChI=1S/C23H27N7/c1-15-18(16(2)28-27-15)12-13-21-26-22-19-10-6-7-11-20(19)25-23(30(22)29-21)24-14-17-8-4-3-5-9-17/h3-11,15-16,18,27-28H,12-14H2,1-2H3,(H,24,25). The topological polar surface area (TPSA) is 79.2 Å². The molecule has 2 unspecified atom stereocenters. The lowest BCUT2D eigenvalue weighted by molar-refractivity contribution is 0.410. The molecule has 1 fully saturated rings. The van der Waals surface area contributed by atoms with Crippen LogP contribution in [0.2, 0.25) is 0 Å². The first-order chi connectivity index (χ1) is 14.7. The van der Waals surface area contributed by atoms with Gasteiger partial charge in [-0.1, -0.05) is 42.5 Å². The molecule has 2 aromatic heterocycles. The molecule has 3 N–H and O–H groups in total. The SMILES string of the molecule is CC1NNC(C)C1CCc1nc2c3ccccc3nc(NCc3ccccc3)n2n1. The minimum Gasteiger partial charge on any atom is -0.350 e. The predicted molar refractivity (Wildman–Crippen MR) is 119 cm³/mol. The van der Waals surface area contributed by atoms with E-state index in [2.05, 4.69) is 48.2 Å². The van der Waals surface area contributed by atoms with E-state index in [0.717, 1.165) is 41.2 Å². The van der Waals surface area contributed by atoms with Crippen molar-refractivity contribution >= 4 is 22.5 Å². The summed E-state index contributed by atoms with van der Waals surface area (Å²) in [4.78, 5) is 9.72. The van der Waals surface area contributed by atoms with Crippen molar-refractivity contribution in [2.45, 2.75) is 45.3 Å². The highest BCUT2D eigenvalue weighted by atomic mass is 15.4.